The Balaban J connectivity index is 1.91. The van der Waals surface area contributed by atoms with Gasteiger partial charge in [-0.1, -0.05) is 28.9 Å². The fourth-order valence-corrected chi connectivity index (χ4v) is 2.71. The lowest BCUT2D eigenvalue weighted by Crippen LogP contribution is -2.15. The summed E-state index contributed by atoms with van der Waals surface area (Å²) in [5, 5.41) is 8.35. The van der Waals surface area contributed by atoms with Gasteiger partial charge in [0, 0.05) is 0 Å². The predicted molar refractivity (Wildman–Crippen MR) is 81.2 cm³/mol. The molecule has 1 aliphatic carbocycles. The quantitative estimate of drug-likeness (QED) is 0.536. The third kappa shape index (κ3) is 1.88. The van der Waals surface area contributed by atoms with Gasteiger partial charge in [0.2, 0.25) is 0 Å². The number of nitrogens with zero attached hydrogens (tertiary/aromatic N) is 3. The van der Waals surface area contributed by atoms with Gasteiger partial charge < -0.3 is 4.79 Å². The second-order valence-electron chi connectivity index (χ2n) is 5.58. The van der Waals surface area contributed by atoms with Crippen LogP contribution in [0.4, 0.5) is 0 Å². The molecule has 0 saturated heterocycles. The highest BCUT2D eigenvalue weighted by Gasteiger charge is 2.44. The third-order valence-electron chi connectivity index (χ3n) is 4.13. The van der Waals surface area contributed by atoms with Crippen molar-refractivity contribution in [1.82, 2.24) is 15.0 Å². The van der Waals surface area contributed by atoms with Gasteiger partial charge in [-0.15, -0.1) is 5.10 Å². The van der Waals surface area contributed by atoms with E-state index in [1.165, 1.54) is 0 Å². The molecule has 1 heterocycles. The molecule has 0 unspecified atom stereocenters. The smallest absolute Gasteiger partial charge is 0.130 e. The van der Waals surface area contributed by atoms with Crippen molar-refractivity contribution in [3.8, 4) is 5.69 Å². The van der Waals surface area contributed by atoms with E-state index >= 15 is 0 Å². The molecule has 1 aliphatic rings. The van der Waals surface area contributed by atoms with Crippen LogP contribution in [-0.4, -0.2) is 29.1 Å². The van der Waals surface area contributed by atoms with E-state index in [2.05, 4.69) is 10.3 Å². The van der Waals surface area contributed by atoms with Crippen molar-refractivity contribution in [1.29, 1.82) is 0 Å². The van der Waals surface area contributed by atoms with Crippen LogP contribution in [-0.2, 0) is 10.2 Å². The van der Waals surface area contributed by atoms with Crippen molar-refractivity contribution in [2.75, 3.05) is 0 Å². The Morgan fingerprint density at radius 1 is 1.19 bits per heavy atom. The van der Waals surface area contributed by atoms with Gasteiger partial charge in [0.05, 0.1) is 16.6 Å². The molecule has 0 bridgehead atoms. The van der Waals surface area contributed by atoms with E-state index in [0.717, 1.165) is 41.4 Å². The summed E-state index contributed by atoms with van der Waals surface area (Å²) in [7, 11) is 6.01. The van der Waals surface area contributed by atoms with Crippen LogP contribution in [0.1, 0.15) is 18.4 Å². The van der Waals surface area contributed by atoms with Gasteiger partial charge in [0.25, 0.3) is 0 Å². The van der Waals surface area contributed by atoms with E-state index in [4.69, 9.17) is 7.85 Å². The number of benzene rings is 2. The molecule has 0 atom stereocenters. The molecule has 1 saturated carbocycles. The van der Waals surface area contributed by atoms with Crippen LogP contribution >= 0.6 is 0 Å². The largest absolute Gasteiger partial charge is 0.302 e. The first-order chi connectivity index (χ1) is 10.2. The zero-order valence-corrected chi connectivity index (χ0v) is 11.4. The lowest BCUT2D eigenvalue weighted by atomic mass is 9.88. The lowest BCUT2D eigenvalue weighted by Gasteiger charge is -2.12. The molecule has 1 aromatic heterocycles. The molecule has 1 fully saturated rings. The van der Waals surface area contributed by atoms with Gasteiger partial charge in [-0.3, -0.25) is 0 Å². The minimum absolute atomic E-state index is 0.347. The maximum atomic E-state index is 11.3. The maximum absolute atomic E-state index is 11.3. The number of hydrogen-bond donors (Lipinski definition) is 0. The van der Waals surface area contributed by atoms with Gasteiger partial charge in [0.1, 0.15) is 19.6 Å². The van der Waals surface area contributed by atoms with Crippen molar-refractivity contribution < 1.29 is 4.79 Å². The van der Waals surface area contributed by atoms with Gasteiger partial charge in [-0.05, 0) is 42.7 Å². The summed E-state index contributed by atoms with van der Waals surface area (Å²) < 4.78 is 1.76. The lowest BCUT2D eigenvalue weighted by molar-refractivity contribution is -0.109. The molecule has 0 aliphatic heterocycles. The Hall–Kier alpha value is -2.43. The van der Waals surface area contributed by atoms with Crippen LogP contribution in [0, 0.1) is 0 Å². The summed E-state index contributed by atoms with van der Waals surface area (Å²) in [6.07, 6.45) is 2.81. The first-order valence-electron chi connectivity index (χ1n) is 6.90. The zero-order valence-electron chi connectivity index (χ0n) is 11.4. The van der Waals surface area contributed by atoms with Crippen LogP contribution < -0.4 is 5.46 Å². The van der Waals surface area contributed by atoms with Crippen molar-refractivity contribution in [2.24, 2.45) is 0 Å². The average molecular weight is 273 g/mol. The summed E-state index contributed by atoms with van der Waals surface area (Å²) in [5.74, 6) is 0. The third-order valence-corrected chi connectivity index (χ3v) is 4.13. The molecule has 2 aromatic carbocycles. The summed E-state index contributed by atoms with van der Waals surface area (Å²) in [4.78, 5) is 11.3. The van der Waals surface area contributed by atoms with Crippen LogP contribution in [0.25, 0.3) is 16.7 Å². The van der Waals surface area contributed by atoms with Crippen LogP contribution in [0.15, 0.2) is 42.5 Å². The monoisotopic (exact) mass is 273 g/mol. The van der Waals surface area contributed by atoms with Gasteiger partial charge >= 0.3 is 0 Å². The second-order valence-corrected chi connectivity index (χ2v) is 5.58. The number of carbonyl (C=O) groups is 1. The standard InChI is InChI=1S/C16H12BN3O/c17-12-7-11(16(10-21)5-6-16)8-13(9-12)20-15-4-2-1-3-14(15)18-19-20/h1-4,7-10H,5-6H2. The second kappa shape index (κ2) is 4.28. The molecular formula is C16H12BN3O. The van der Waals surface area contributed by atoms with Crippen molar-refractivity contribution in [3.05, 3.63) is 48.0 Å². The summed E-state index contributed by atoms with van der Waals surface area (Å²) in [6.45, 7) is 0. The van der Waals surface area contributed by atoms with Gasteiger partial charge in [-0.25, -0.2) is 4.68 Å². The molecule has 0 N–H and O–H groups in total. The Labute approximate surface area is 123 Å². The fourth-order valence-electron chi connectivity index (χ4n) is 2.71. The van der Waals surface area contributed by atoms with Crippen LogP contribution in [0.3, 0.4) is 0 Å². The van der Waals surface area contributed by atoms with Crippen molar-refractivity contribution in [3.63, 3.8) is 0 Å². The average Bonchev–Trinajstić information content (AvgIpc) is 3.19. The summed E-state index contributed by atoms with van der Waals surface area (Å²) in [6, 6.07) is 13.5. The molecule has 4 rings (SSSR count). The number of para-hydroxylation sites is 1. The minimum Gasteiger partial charge on any atom is -0.302 e. The predicted octanol–water partition coefficient (Wildman–Crippen LogP) is 1.44. The number of rotatable bonds is 3. The van der Waals surface area contributed by atoms with Gasteiger partial charge in [0.15, 0.2) is 0 Å². The van der Waals surface area contributed by atoms with E-state index in [-0.39, 0.29) is 5.41 Å². The molecule has 0 spiro atoms. The molecule has 2 radical (unpaired) electrons. The number of hydrogen-bond acceptors (Lipinski definition) is 3. The topological polar surface area (TPSA) is 47.8 Å². The van der Waals surface area contributed by atoms with Gasteiger partial charge in [-0.2, -0.15) is 0 Å². The number of carbonyl (C=O) groups excluding carboxylic acids is 1. The molecule has 5 heteroatoms. The zero-order chi connectivity index (χ0) is 14.4. The number of aromatic nitrogens is 3. The highest BCUT2D eigenvalue weighted by Crippen LogP contribution is 2.46. The first-order valence-corrected chi connectivity index (χ1v) is 6.90. The highest BCUT2D eigenvalue weighted by molar-refractivity contribution is 6.32. The summed E-state index contributed by atoms with van der Waals surface area (Å²) >= 11 is 0. The SMILES string of the molecule is [B]c1cc(-n2nnc3ccccc32)cc(C2(C=O)CC2)c1. The summed E-state index contributed by atoms with van der Waals surface area (Å²) in [5.41, 5.74) is 3.85. The Bertz CT molecular complexity index is 852. The van der Waals surface area contributed by atoms with E-state index in [1.807, 2.05) is 42.5 Å². The van der Waals surface area contributed by atoms with E-state index in [0.29, 0.717) is 5.46 Å². The normalized spacial score (nSPS) is 16.0. The van der Waals surface area contributed by atoms with Crippen molar-refractivity contribution in [2.45, 2.75) is 18.3 Å². The van der Waals surface area contributed by atoms with E-state index < -0.39 is 0 Å². The molecule has 0 amide bonds. The van der Waals surface area contributed by atoms with Crippen LogP contribution in [0.5, 0.6) is 0 Å². The minimum atomic E-state index is -0.347. The van der Waals surface area contributed by atoms with E-state index in [1.54, 1.807) is 4.68 Å². The fraction of sp³-hybridized carbons (Fsp3) is 0.188. The van der Waals surface area contributed by atoms with Crippen LogP contribution in [0.2, 0.25) is 0 Å². The molecular weight excluding hydrogens is 261 g/mol. The molecule has 3 aromatic rings. The molecule has 21 heavy (non-hydrogen) atoms. The first kappa shape index (κ1) is 12.3. The molecule has 100 valence electrons. The molecule has 4 nitrogen and oxygen atoms in total. The number of fused-ring (bicyclic) bond motifs is 1. The Morgan fingerprint density at radius 3 is 2.76 bits per heavy atom. The Kier molecular flexibility index (Phi) is 2.51. The Morgan fingerprint density at radius 2 is 2.00 bits per heavy atom. The highest BCUT2D eigenvalue weighted by atomic mass is 16.1. The van der Waals surface area contributed by atoms with E-state index in [9.17, 15) is 4.79 Å². The number of aldehydes is 1. The van der Waals surface area contributed by atoms with Crippen molar-refractivity contribution >= 4 is 30.6 Å². The maximum Gasteiger partial charge on any atom is 0.130 e.